The maximum absolute atomic E-state index is 10.9. The van der Waals surface area contributed by atoms with Gasteiger partial charge in [0.15, 0.2) is 0 Å². The normalized spacial score (nSPS) is 16.7. The van der Waals surface area contributed by atoms with Gasteiger partial charge in [-0.25, -0.2) is 4.79 Å². The van der Waals surface area contributed by atoms with Gasteiger partial charge in [-0.3, -0.25) is 0 Å². The molecule has 1 aliphatic heterocycles. The first-order valence-corrected chi connectivity index (χ1v) is 5.64. The van der Waals surface area contributed by atoms with Crippen molar-refractivity contribution in [3.8, 4) is 0 Å². The number of para-hydroxylation sites is 1. The second-order valence-corrected chi connectivity index (χ2v) is 4.10. The maximum Gasteiger partial charge on any atom is 0.337 e. The Morgan fingerprint density at radius 2 is 2.12 bits per heavy atom. The molecule has 1 saturated heterocycles. The minimum absolute atomic E-state index is 0.141. The molecule has 0 unspecified atom stereocenters. The van der Waals surface area contributed by atoms with Gasteiger partial charge in [-0.15, -0.1) is 0 Å². The van der Waals surface area contributed by atoms with E-state index in [0.717, 1.165) is 26.1 Å². The smallest absolute Gasteiger partial charge is 0.337 e. The average molecular weight is 236 g/mol. The van der Waals surface area contributed by atoms with E-state index in [-0.39, 0.29) is 5.56 Å². The standard InChI is InChI=1S/C12H16N2O3/c13-11-9(12(15)16)2-1-3-10(11)14-8-4-6-17-7-5-8/h1-3,8,14H,4-7,13H2,(H,15,16). The van der Waals surface area contributed by atoms with Crippen LogP contribution in [0.15, 0.2) is 18.2 Å². The molecule has 0 aliphatic carbocycles. The molecule has 0 spiro atoms. The van der Waals surface area contributed by atoms with Gasteiger partial charge >= 0.3 is 5.97 Å². The number of nitrogens with one attached hydrogen (secondary N) is 1. The molecule has 0 bridgehead atoms. The van der Waals surface area contributed by atoms with E-state index < -0.39 is 5.97 Å². The Hall–Kier alpha value is -1.75. The van der Waals surface area contributed by atoms with Crippen LogP contribution in [0.1, 0.15) is 23.2 Å². The minimum Gasteiger partial charge on any atom is -0.478 e. The molecule has 1 aliphatic rings. The largest absolute Gasteiger partial charge is 0.478 e. The molecule has 1 aromatic rings. The molecule has 1 aromatic carbocycles. The van der Waals surface area contributed by atoms with Crippen molar-refractivity contribution in [3.05, 3.63) is 23.8 Å². The lowest BCUT2D eigenvalue weighted by atomic mass is 10.1. The van der Waals surface area contributed by atoms with Crippen molar-refractivity contribution in [2.75, 3.05) is 24.3 Å². The SMILES string of the molecule is Nc1c(NC2CCOCC2)cccc1C(=O)O. The number of benzene rings is 1. The summed E-state index contributed by atoms with van der Waals surface area (Å²) in [6, 6.07) is 5.31. The van der Waals surface area contributed by atoms with E-state index in [9.17, 15) is 4.79 Å². The van der Waals surface area contributed by atoms with E-state index >= 15 is 0 Å². The van der Waals surface area contributed by atoms with E-state index in [0.29, 0.717) is 17.4 Å². The number of carboxylic acids is 1. The van der Waals surface area contributed by atoms with Crippen molar-refractivity contribution in [1.82, 2.24) is 0 Å². The van der Waals surface area contributed by atoms with Crippen LogP contribution in [-0.4, -0.2) is 30.3 Å². The van der Waals surface area contributed by atoms with E-state index in [1.165, 1.54) is 6.07 Å². The first-order chi connectivity index (χ1) is 8.18. The molecule has 5 heteroatoms. The first kappa shape index (κ1) is 11.7. The van der Waals surface area contributed by atoms with Crippen LogP contribution in [0.25, 0.3) is 0 Å². The van der Waals surface area contributed by atoms with Gasteiger partial charge in [0.2, 0.25) is 0 Å². The van der Waals surface area contributed by atoms with Gasteiger partial charge in [-0.2, -0.15) is 0 Å². The summed E-state index contributed by atoms with van der Waals surface area (Å²) in [7, 11) is 0. The van der Waals surface area contributed by atoms with Crippen LogP contribution in [0.2, 0.25) is 0 Å². The van der Waals surface area contributed by atoms with Crippen molar-refractivity contribution in [1.29, 1.82) is 0 Å². The number of carboxylic acid groups (broad SMARTS) is 1. The highest BCUT2D eigenvalue weighted by Gasteiger charge is 2.16. The molecule has 0 radical (unpaired) electrons. The molecule has 0 atom stereocenters. The van der Waals surface area contributed by atoms with Crippen molar-refractivity contribution >= 4 is 17.3 Å². The van der Waals surface area contributed by atoms with E-state index in [1.807, 2.05) is 0 Å². The number of aromatic carboxylic acids is 1. The molecular weight excluding hydrogens is 220 g/mol. The number of hydrogen-bond acceptors (Lipinski definition) is 4. The minimum atomic E-state index is -1.00. The third-order valence-electron chi connectivity index (χ3n) is 2.92. The number of rotatable bonds is 3. The van der Waals surface area contributed by atoms with Crippen molar-refractivity contribution in [2.24, 2.45) is 0 Å². The van der Waals surface area contributed by atoms with Crippen LogP contribution in [0.4, 0.5) is 11.4 Å². The summed E-state index contributed by atoms with van der Waals surface area (Å²) in [5.41, 5.74) is 6.96. The highest BCUT2D eigenvalue weighted by molar-refractivity contribution is 5.97. The quantitative estimate of drug-likeness (QED) is 0.693. The number of nitrogens with two attached hydrogens (primary N) is 1. The summed E-state index contributed by atoms with van der Waals surface area (Å²) in [4.78, 5) is 10.9. The van der Waals surface area contributed by atoms with E-state index in [2.05, 4.69) is 5.32 Å². The van der Waals surface area contributed by atoms with Crippen LogP contribution < -0.4 is 11.1 Å². The zero-order valence-electron chi connectivity index (χ0n) is 9.48. The number of nitrogen functional groups attached to an aromatic ring is 1. The Morgan fingerprint density at radius 3 is 2.76 bits per heavy atom. The van der Waals surface area contributed by atoms with Crippen LogP contribution in [0, 0.1) is 0 Å². The lowest BCUT2D eigenvalue weighted by Gasteiger charge is -2.25. The predicted octanol–water partition coefficient (Wildman–Crippen LogP) is 1.56. The Balaban J connectivity index is 2.15. The van der Waals surface area contributed by atoms with Gasteiger partial charge in [0.05, 0.1) is 16.9 Å². The van der Waals surface area contributed by atoms with Gasteiger partial charge in [0.1, 0.15) is 0 Å². The van der Waals surface area contributed by atoms with E-state index in [1.54, 1.807) is 12.1 Å². The molecule has 17 heavy (non-hydrogen) atoms. The van der Waals surface area contributed by atoms with E-state index in [4.69, 9.17) is 15.6 Å². The fourth-order valence-corrected chi connectivity index (χ4v) is 1.94. The van der Waals surface area contributed by atoms with Gasteiger partial charge in [-0.05, 0) is 25.0 Å². The molecule has 0 saturated carbocycles. The van der Waals surface area contributed by atoms with Gasteiger partial charge in [0.25, 0.3) is 0 Å². The Labute approximate surface area is 99.6 Å². The fraction of sp³-hybridized carbons (Fsp3) is 0.417. The highest BCUT2D eigenvalue weighted by Crippen LogP contribution is 2.25. The van der Waals surface area contributed by atoms with Crippen LogP contribution in [0.3, 0.4) is 0 Å². The van der Waals surface area contributed by atoms with Crippen molar-refractivity contribution in [2.45, 2.75) is 18.9 Å². The molecule has 0 amide bonds. The summed E-state index contributed by atoms with van der Waals surface area (Å²) < 4.78 is 5.26. The molecule has 4 N–H and O–H groups in total. The lowest BCUT2D eigenvalue weighted by Crippen LogP contribution is -2.28. The van der Waals surface area contributed by atoms with Gasteiger partial charge in [0, 0.05) is 19.3 Å². The third kappa shape index (κ3) is 2.68. The second kappa shape index (κ2) is 5.05. The molecule has 5 nitrogen and oxygen atoms in total. The van der Waals surface area contributed by atoms with Crippen LogP contribution in [0.5, 0.6) is 0 Å². The van der Waals surface area contributed by atoms with Crippen LogP contribution >= 0.6 is 0 Å². The molecule has 0 aromatic heterocycles. The summed E-state index contributed by atoms with van der Waals surface area (Å²) in [6.07, 6.45) is 1.83. The third-order valence-corrected chi connectivity index (χ3v) is 2.92. The topological polar surface area (TPSA) is 84.6 Å². The first-order valence-electron chi connectivity index (χ1n) is 5.64. The second-order valence-electron chi connectivity index (χ2n) is 4.10. The highest BCUT2D eigenvalue weighted by atomic mass is 16.5. The maximum atomic E-state index is 10.9. The van der Waals surface area contributed by atoms with Crippen molar-refractivity contribution in [3.63, 3.8) is 0 Å². The monoisotopic (exact) mass is 236 g/mol. The van der Waals surface area contributed by atoms with Crippen LogP contribution in [-0.2, 0) is 4.74 Å². The zero-order valence-corrected chi connectivity index (χ0v) is 9.48. The Bertz CT molecular complexity index is 414. The molecule has 1 heterocycles. The van der Waals surface area contributed by atoms with Gasteiger partial charge < -0.3 is 20.9 Å². The number of carbonyl (C=O) groups is 1. The molecular formula is C12H16N2O3. The Kier molecular flexibility index (Phi) is 3.49. The predicted molar refractivity (Wildman–Crippen MR) is 65.3 cm³/mol. The lowest BCUT2D eigenvalue weighted by molar-refractivity contribution is 0.0698. The summed E-state index contributed by atoms with van der Waals surface area (Å²) in [6.45, 7) is 1.46. The molecule has 2 rings (SSSR count). The molecule has 92 valence electrons. The Morgan fingerprint density at radius 1 is 1.41 bits per heavy atom. The number of anilines is 2. The fourth-order valence-electron chi connectivity index (χ4n) is 1.94. The number of hydrogen-bond donors (Lipinski definition) is 3. The van der Waals surface area contributed by atoms with Crippen molar-refractivity contribution < 1.29 is 14.6 Å². The summed E-state index contributed by atoms with van der Waals surface area (Å²) >= 11 is 0. The summed E-state index contributed by atoms with van der Waals surface area (Å²) in [5.74, 6) is -1.00. The van der Waals surface area contributed by atoms with Gasteiger partial charge in [-0.1, -0.05) is 6.07 Å². The zero-order chi connectivity index (χ0) is 12.3. The summed E-state index contributed by atoms with van der Waals surface area (Å²) in [5, 5.41) is 12.2. The molecule has 1 fully saturated rings. The number of ether oxygens (including phenoxy) is 1. The average Bonchev–Trinajstić information content (AvgIpc) is 2.33.